The molecular weight excluding hydrogens is 282 g/mol. The largest absolute Gasteiger partial charge is 0.491 e. The van der Waals surface area contributed by atoms with Crippen molar-refractivity contribution >= 4 is 11.8 Å². The van der Waals surface area contributed by atoms with Crippen molar-refractivity contribution < 1.29 is 9.84 Å². The zero-order valence-corrected chi connectivity index (χ0v) is 12.7. The molecule has 1 aromatic carbocycles. The van der Waals surface area contributed by atoms with Gasteiger partial charge in [-0.1, -0.05) is 12.1 Å². The van der Waals surface area contributed by atoms with E-state index in [1.165, 1.54) is 24.0 Å². The van der Waals surface area contributed by atoms with Gasteiger partial charge in [0.15, 0.2) is 0 Å². The van der Waals surface area contributed by atoms with Gasteiger partial charge in [-0.25, -0.2) is 4.98 Å². The summed E-state index contributed by atoms with van der Waals surface area (Å²) in [6.07, 6.45) is 4.83. The number of fused-ring (bicyclic) bond motifs is 1. The number of nitrogens with zero attached hydrogens (tertiary/aromatic N) is 1. The number of hydrogen-bond acceptors (Lipinski definition) is 4. The summed E-state index contributed by atoms with van der Waals surface area (Å²) < 4.78 is 5.70. The van der Waals surface area contributed by atoms with Crippen LogP contribution in [0, 0.1) is 0 Å². The summed E-state index contributed by atoms with van der Waals surface area (Å²) in [6, 6.07) is 12.0. The Morgan fingerprint density at radius 1 is 1.19 bits per heavy atom. The van der Waals surface area contributed by atoms with E-state index in [0.717, 1.165) is 17.2 Å². The first-order valence-corrected chi connectivity index (χ1v) is 8.26. The van der Waals surface area contributed by atoms with Crippen LogP contribution < -0.4 is 4.74 Å². The summed E-state index contributed by atoms with van der Waals surface area (Å²) in [7, 11) is 0. The van der Waals surface area contributed by atoms with E-state index in [-0.39, 0.29) is 0 Å². The molecule has 0 amide bonds. The number of rotatable bonds is 6. The van der Waals surface area contributed by atoms with Gasteiger partial charge in [-0.05, 0) is 54.7 Å². The van der Waals surface area contributed by atoms with E-state index >= 15 is 0 Å². The average Bonchev–Trinajstić information content (AvgIpc) is 2.99. The van der Waals surface area contributed by atoms with Crippen molar-refractivity contribution in [3.63, 3.8) is 0 Å². The molecule has 0 saturated heterocycles. The van der Waals surface area contributed by atoms with Crippen LogP contribution in [0.3, 0.4) is 0 Å². The monoisotopic (exact) mass is 301 g/mol. The molecule has 0 bridgehead atoms. The van der Waals surface area contributed by atoms with Crippen molar-refractivity contribution in [1.82, 2.24) is 4.98 Å². The predicted molar refractivity (Wildman–Crippen MR) is 84.9 cm³/mol. The molecule has 0 saturated carbocycles. The summed E-state index contributed by atoms with van der Waals surface area (Å²) >= 11 is 1.54. The van der Waals surface area contributed by atoms with Gasteiger partial charge in [0.2, 0.25) is 0 Å². The first-order chi connectivity index (χ1) is 10.3. The zero-order valence-electron chi connectivity index (χ0n) is 11.9. The van der Waals surface area contributed by atoms with Crippen LogP contribution in [-0.4, -0.2) is 28.6 Å². The molecule has 4 heteroatoms. The van der Waals surface area contributed by atoms with E-state index in [1.807, 2.05) is 24.3 Å². The number of aliphatic hydroxyl groups is 1. The van der Waals surface area contributed by atoms with Crippen LogP contribution in [0.1, 0.15) is 17.5 Å². The molecular formula is C17H19NO2S. The second-order valence-electron chi connectivity index (χ2n) is 5.23. The molecule has 110 valence electrons. The third kappa shape index (κ3) is 3.99. The number of ether oxygens (including phenoxy) is 1. The third-order valence-corrected chi connectivity index (χ3v) is 4.66. The minimum atomic E-state index is -0.495. The Morgan fingerprint density at radius 2 is 2.10 bits per heavy atom. The molecule has 1 aromatic heterocycles. The quantitative estimate of drug-likeness (QED) is 0.833. The van der Waals surface area contributed by atoms with E-state index in [1.54, 1.807) is 18.0 Å². The molecule has 3 rings (SSSR count). The SMILES string of the molecule is O[C@H](COc1ccc2c(c1)CCC2)CSc1ccccn1. The highest BCUT2D eigenvalue weighted by Gasteiger charge is 2.12. The molecule has 1 aliphatic rings. The summed E-state index contributed by atoms with van der Waals surface area (Å²) in [6.45, 7) is 0.318. The van der Waals surface area contributed by atoms with E-state index < -0.39 is 6.10 Å². The Bertz CT molecular complexity index is 589. The molecule has 0 radical (unpaired) electrons. The van der Waals surface area contributed by atoms with Crippen LogP contribution in [-0.2, 0) is 12.8 Å². The molecule has 1 aliphatic carbocycles. The van der Waals surface area contributed by atoms with Gasteiger partial charge in [0.25, 0.3) is 0 Å². The minimum absolute atomic E-state index is 0.318. The molecule has 2 aromatic rings. The molecule has 0 unspecified atom stereocenters. The molecule has 3 nitrogen and oxygen atoms in total. The van der Waals surface area contributed by atoms with E-state index in [0.29, 0.717) is 12.4 Å². The Kier molecular flexibility index (Phi) is 4.78. The number of aromatic nitrogens is 1. The van der Waals surface area contributed by atoms with Gasteiger partial charge < -0.3 is 9.84 Å². The Morgan fingerprint density at radius 3 is 2.95 bits per heavy atom. The highest BCUT2D eigenvalue weighted by molar-refractivity contribution is 7.99. The lowest BCUT2D eigenvalue weighted by molar-refractivity contribution is 0.126. The highest BCUT2D eigenvalue weighted by Crippen LogP contribution is 2.26. The van der Waals surface area contributed by atoms with Crippen molar-refractivity contribution in [1.29, 1.82) is 0 Å². The van der Waals surface area contributed by atoms with Gasteiger partial charge >= 0.3 is 0 Å². The molecule has 1 N–H and O–H groups in total. The standard InChI is InChI=1S/C17H19NO2S/c19-15(12-21-17-6-1-2-9-18-17)11-20-16-8-7-13-4-3-5-14(13)10-16/h1-2,6-10,15,19H,3-5,11-12H2/t15-/m1/s1. The lowest BCUT2D eigenvalue weighted by atomic mass is 10.1. The summed E-state index contributed by atoms with van der Waals surface area (Å²) in [4.78, 5) is 4.22. The number of benzene rings is 1. The van der Waals surface area contributed by atoms with Gasteiger partial charge in [0.1, 0.15) is 12.4 Å². The maximum absolute atomic E-state index is 9.99. The Hall–Kier alpha value is -1.52. The van der Waals surface area contributed by atoms with E-state index in [4.69, 9.17) is 4.74 Å². The number of aliphatic hydroxyl groups excluding tert-OH is 1. The van der Waals surface area contributed by atoms with Crippen LogP contribution in [0.15, 0.2) is 47.6 Å². The van der Waals surface area contributed by atoms with Crippen molar-refractivity contribution in [3.05, 3.63) is 53.7 Å². The van der Waals surface area contributed by atoms with Crippen LogP contribution in [0.5, 0.6) is 5.75 Å². The fourth-order valence-electron chi connectivity index (χ4n) is 2.49. The van der Waals surface area contributed by atoms with Crippen molar-refractivity contribution in [2.75, 3.05) is 12.4 Å². The maximum atomic E-state index is 9.99. The summed E-state index contributed by atoms with van der Waals surface area (Å²) in [5.41, 5.74) is 2.83. The van der Waals surface area contributed by atoms with E-state index in [9.17, 15) is 5.11 Å². The Balaban J connectivity index is 1.46. The highest BCUT2D eigenvalue weighted by atomic mass is 32.2. The maximum Gasteiger partial charge on any atom is 0.119 e. The van der Waals surface area contributed by atoms with Gasteiger partial charge in [-0.15, -0.1) is 11.8 Å². The third-order valence-electron chi connectivity index (χ3n) is 3.57. The molecule has 0 spiro atoms. The molecule has 21 heavy (non-hydrogen) atoms. The number of aryl methyl sites for hydroxylation is 2. The first-order valence-electron chi connectivity index (χ1n) is 7.28. The average molecular weight is 301 g/mol. The number of pyridine rings is 1. The first kappa shape index (κ1) is 14.4. The summed E-state index contributed by atoms with van der Waals surface area (Å²) in [5.74, 6) is 1.44. The normalized spacial score (nSPS) is 14.7. The predicted octanol–water partition coefficient (Wildman–Crippen LogP) is 3.10. The van der Waals surface area contributed by atoms with Crippen LogP contribution in [0.2, 0.25) is 0 Å². The zero-order chi connectivity index (χ0) is 14.5. The molecule has 1 heterocycles. The smallest absolute Gasteiger partial charge is 0.119 e. The molecule has 0 aliphatic heterocycles. The van der Waals surface area contributed by atoms with Crippen LogP contribution in [0.4, 0.5) is 0 Å². The summed E-state index contributed by atoms with van der Waals surface area (Å²) in [5, 5.41) is 10.9. The van der Waals surface area contributed by atoms with Crippen molar-refractivity contribution in [2.24, 2.45) is 0 Å². The van der Waals surface area contributed by atoms with Crippen molar-refractivity contribution in [2.45, 2.75) is 30.4 Å². The second kappa shape index (κ2) is 6.96. The minimum Gasteiger partial charge on any atom is -0.491 e. The lowest BCUT2D eigenvalue weighted by Crippen LogP contribution is -2.20. The van der Waals surface area contributed by atoms with Gasteiger partial charge in [-0.3, -0.25) is 0 Å². The van der Waals surface area contributed by atoms with Gasteiger partial charge in [-0.2, -0.15) is 0 Å². The number of hydrogen-bond donors (Lipinski definition) is 1. The topological polar surface area (TPSA) is 42.4 Å². The lowest BCUT2D eigenvalue weighted by Gasteiger charge is -2.12. The number of thioether (sulfide) groups is 1. The molecule has 1 atom stereocenters. The second-order valence-corrected chi connectivity index (χ2v) is 6.27. The van der Waals surface area contributed by atoms with Crippen LogP contribution in [0.25, 0.3) is 0 Å². The van der Waals surface area contributed by atoms with Crippen molar-refractivity contribution in [3.8, 4) is 5.75 Å². The fourth-order valence-corrected chi connectivity index (χ4v) is 3.26. The van der Waals surface area contributed by atoms with E-state index in [2.05, 4.69) is 17.1 Å². The fraction of sp³-hybridized carbons (Fsp3) is 0.353. The van der Waals surface area contributed by atoms with Gasteiger partial charge in [0.05, 0.1) is 11.1 Å². The molecule has 0 fully saturated rings. The van der Waals surface area contributed by atoms with Gasteiger partial charge in [0, 0.05) is 11.9 Å². The Labute approximate surface area is 129 Å². The van der Waals surface area contributed by atoms with Crippen LogP contribution >= 0.6 is 11.8 Å².